The number of carboxylic acids is 1. The maximum absolute atomic E-state index is 14.2. The Balaban J connectivity index is 1.02. The maximum atomic E-state index is 14.2. The van der Waals surface area contributed by atoms with Gasteiger partial charge >= 0.3 is 5.97 Å². The van der Waals surface area contributed by atoms with Crippen molar-refractivity contribution in [3.05, 3.63) is 137 Å². The number of ether oxygens (including phenoxy) is 7. The van der Waals surface area contributed by atoms with Crippen molar-refractivity contribution < 1.29 is 52.6 Å². The van der Waals surface area contributed by atoms with Crippen molar-refractivity contribution in [3.63, 3.8) is 0 Å². The van der Waals surface area contributed by atoms with Crippen LogP contribution in [0, 0.1) is 0 Å². The third kappa shape index (κ3) is 12.1. The van der Waals surface area contributed by atoms with Crippen molar-refractivity contribution in [2.24, 2.45) is 4.99 Å². The monoisotopic (exact) mass is 1040 g/mol. The molecule has 9 rings (SSSR count). The zero-order chi connectivity index (χ0) is 52.5. The van der Waals surface area contributed by atoms with Gasteiger partial charge in [-0.25, -0.2) is 0 Å². The number of aliphatic imine (C=N–C) groups is 1. The Labute approximate surface area is 442 Å². The lowest BCUT2D eigenvalue weighted by atomic mass is 10.1. The van der Waals surface area contributed by atoms with E-state index in [-0.39, 0.29) is 43.5 Å². The number of anilines is 4. The van der Waals surface area contributed by atoms with Crippen molar-refractivity contribution in [3.8, 4) is 23.0 Å². The van der Waals surface area contributed by atoms with E-state index in [0.29, 0.717) is 117 Å². The number of benzene rings is 5. The summed E-state index contributed by atoms with van der Waals surface area (Å²) in [5, 5.41) is 12.9. The molecule has 75 heavy (non-hydrogen) atoms. The van der Waals surface area contributed by atoms with Gasteiger partial charge in [0.25, 0.3) is 11.8 Å². The van der Waals surface area contributed by atoms with Gasteiger partial charge in [-0.2, -0.15) is 0 Å². The Kier molecular flexibility index (Phi) is 17.0. The minimum atomic E-state index is -0.828. The average Bonchev–Trinajstić information content (AvgIpc) is 3.92. The third-order valence-electron chi connectivity index (χ3n) is 13.9. The fraction of sp³-hybridized carbons (Fsp3) is 0.379. The number of carboxylic acid groups (broad SMARTS) is 1. The van der Waals surface area contributed by atoms with Crippen LogP contribution in [0.1, 0.15) is 62.7 Å². The first-order valence-corrected chi connectivity index (χ1v) is 26.3. The molecule has 4 aliphatic rings. The molecule has 0 saturated carbocycles. The molecule has 3 atom stereocenters. The van der Waals surface area contributed by atoms with Gasteiger partial charge in [0.1, 0.15) is 13.2 Å². The van der Waals surface area contributed by atoms with Gasteiger partial charge in [0.2, 0.25) is 0 Å². The summed E-state index contributed by atoms with van der Waals surface area (Å²) in [4.78, 5) is 50.6. The number of hydrogen-bond donors (Lipinski definition) is 2. The van der Waals surface area contributed by atoms with Crippen LogP contribution in [0.15, 0.2) is 109 Å². The molecule has 16 nitrogen and oxygen atoms in total. The second-order valence-electron chi connectivity index (χ2n) is 19.1. The van der Waals surface area contributed by atoms with Crippen LogP contribution in [-0.2, 0) is 45.1 Å². The first-order chi connectivity index (χ1) is 36.5. The number of carbonyl (C=O) groups is 3. The summed E-state index contributed by atoms with van der Waals surface area (Å²) < 4.78 is 41.5. The van der Waals surface area contributed by atoms with Crippen LogP contribution in [0.4, 0.5) is 28.4 Å². The van der Waals surface area contributed by atoms with E-state index in [2.05, 4.69) is 41.9 Å². The molecule has 394 valence electrons. The van der Waals surface area contributed by atoms with Crippen LogP contribution < -0.4 is 39.0 Å². The molecule has 0 bridgehead atoms. The van der Waals surface area contributed by atoms with Crippen LogP contribution in [0.25, 0.3) is 0 Å². The number of amides is 2. The van der Waals surface area contributed by atoms with E-state index in [0.717, 1.165) is 45.7 Å². The standard InChI is InChI=1S/C58H65N5O11S/c1-6-58(2,75-23-11-16-55(64)65)37-61(17-18-71-21-22-72-20-19-68-3)42-25-38(35-73-53-31-47-45(29-51(53)69-4)56(66)62-43(33-59-47)27-40-12-7-9-14-49(40)62)24-39(26-42)36-74-54-32-48-46(30-52(54)70-5)57(67)63-44(34-60-48)28-41-13-8-10-15-50(41)63/h6-10,12-15,24-26,29-33,43-44,60H,1,11,16-23,27-28,34-37H2,2-5H3,(H,64,65)/t43-,44-,58?/m0/s1. The Morgan fingerprint density at radius 2 is 1.43 bits per heavy atom. The first-order valence-electron chi connectivity index (χ1n) is 25.3. The van der Waals surface area contributed by atoms with Crippen LogP contribution in [0.5, 0.6) is 23.0 Å². The van der Waals surface area contributed by atoms with E-state index in [9.17, 15) is 19.5 Å². The van der Waals surface area contributed by atoms with Gasteiger partial charge in [-0.05, 0) is 90.2 Å². The number of methoxy groups -OCH3 is 3. The molecular weight excluding hydrogens is 975 g/mol. The summed E-state index contributed by atoms with van der Waals surface area (Å²) in [5.74, 6) is 1.23. The fourth-order valence-electron chi connectivity index (χ4n) is 10.0. The Bertz CT molecular complexity index is 2930. The molecule has 0 saturated heterocycles. The number of para-hydroxylation sites is 2. The van der Waals surface area contributed by atoms with E-state index in [1.165, 1.54) is 0 Å². The van der Waals surface area contributed by atoms with E-state index in [1.54, 1.807) is 56.2 Å². The molecule has 17 heteroatoms. The van der Waals surface area contributed by atoms with Gasteiger partial charge in [0, 0.05) is 79.7 Å². The van der Waals surface area contributed by atoms with Gasteiger partial charge in [-0.15, -0.1) is 18.3 Å². The van der Waals surface area contributed by atoms with Gasteiger partial charge in [-0.3, -0.25) is 24.3 Å². The first kappa shape index (κ1) is 52.8. The number of thioether (sulfide) groups is 1. The molecular formula is C58H65N5O11S. The second-order valence-corrected chi connectivity index (χ2v) is 20.7. The molecule has 0 aliphatic carbocycles. The smallest absolute Gasteiger partial charge is 0.303 e. The molecule has 4 heterocycles. The molecule has 0 fully saturated rings. The van der Waals surface area contributed by atoms with Gasteiger partial charge < -0.3 is 53.4 Å². The summed E-state index contributed by atoms with van der Waals surface area (Å²) in [7, 11) is 4.75. The fourth-order valence-corrected chi connectivity index (χ4v) is 11.2. The number of hydrogen-bond acceptors (Lipinski definition) is 14. The van der Waals surface area contributed by atoms with Crippen molar-refractivity contribution in [2.75, 3.05) is 99.8 Å². The quantitative estimate of drug-likeness (QED) is 0.0397. The summed E-state index contributed by atoms with van der Waals surface area (Å²) in [6.07, 6.45) is 5.78. The second kappa shape index (κ2) is 24.1. The largest absolute Gasteiger partial charge is 0.493 e. The highest BCUT2D eigenvalue weighted by Crippen LogP contribution is 2.43. The molecule has 1 unspecified atom stereocenters. The molecule has 5 aromatic rings. The molecule has 0 aromatic heterocycles. The SMILES string of the molecule is C=CC(C)(CN(CCOCCOCCOC)c1cc(COc2cc3c(cc2OC)C(=O)N2c4ccccc4C[C@H]2C=N3)cc(COc2cc3c(cc2OC)C(=O)N2c4ccccc4C[C@H]2CN3)c1)SCCCC(=O)O. The molecule has 2 N–H and O–H groups in total. The molecule has 2 amide bonds. The summed E-state index contributed by atoms with van der Waals surface area (Å²) >= 11 is 1.66. The minimum Gasteiger partial charge on any atom is -0.493 e. The number of nitrogens with zero attached hydrogens (tertiary/aromatic N) is 4. The van der Waals surface area contributed by atoms with E-state index < -0.39 is 10.7 Å². The zero-order valence-electron chi connectivity index (χ0n) is 43.0. The van der Waals surface area contributed by atoms with Crippen LogP contribution in [0.2, 0.25) is 0 Å². The van der Waals surface area contributed by atoms with Gasteiger partial charge in [-0.1, -0.05) is 42.5 Å². The van der Waals surface area contributed by atoms with Gasteiger partial charge in [0.05, 0.1) is 81.8 Å². The number of rotatable bonds is 26. The Hall–Kier alpha value is -7.05. The highest BCUT2D eigenvalue weighted by Gasteiger charge is 2.39. The van der Waals surface area contributed by atoms with Crippen molar-refractivity contribution in [2.45, 2.75) is 62.7 Å². The number of fused-ring (bicyclic) bond motifs is 8. The highest BCUT2D eigenvalue weighted by molar-refractivity contribution is 8.00. The lowest BCUT2D eigenvalue weighted by molar-refractivity contribution is -0.137. The van der Waals surface area contributed by atoms with Crippen LogP contribution >= 0.6 is 11.8 Å². The minimum absolute atomic E-state index is 0.0356. The highest BCUT2D eigenvalue weighted by atomic mass is 32.2. The normalized spacial score (nSPS) is 16.7. The number of carbonyl (C=O) groups excluding carboxylic acids is 2. The molecule has 0 radical (unpaired) electrons. The number of aliphatic carboxylic acids is 1. The molecule has 4 aliphatic heterocycles. The Morgan fingerprint density at radius 1 is 0.800 bits per heavy atom. The van der Waals surface area contributed by atoms with Crippen LogP contribution in [0.3, 0.4) is 0 Å². The Morgan fingerprint density at radius 3 is 2.11 bits per heavy atom. The van der Waals surface area contributed by atoms with Crippen LogP contribution in [-0.4, -0.2) is 126 Å². The lowest BCUT2D eigenvalue weighted by Gasteiger charge is -2.35. The van der Waals surface area contributed by atoms with E-state index in [4.69, 9.17) is 38.2 Å². The molecule has 0 spiro atoms. The molecule has 5 aromatic carbocycles. The van der Waals surface area contributed by atoms with E-state index >= 15 is 0 Å². The maximum Gasteiger partial charge on any atom is 0.303 e. The summed E-state index contributed by atoms with van der Waals surface area (Å²) in [5.41, 5.74) is 8.61. The summed E-state index contributed by atoms with van der Waals surface area (Å²) in [6, 6.07) is 28.9. The van der Waals surface area contributed by atoms with E-state index in [1.807, 2.05) is 71.8 Å². The third-order valence-corrected chi connectivity index (χ3v) is 15.3. The van der Waals surface area contributed by atoms with Gasteiger partial charge in [0.15, 0.2) is 23.0 Å². The summed E-state index contributed by atoms with van der Waals surface area (Å²) in [6.45, 7) is 10.3. The van der Waals surface area contributed by atoms with Crippen molar-refractivity contribution >= 4 is 64.2 Å². The number of nitrogens with one attached hydrogen (secondary N) is 1. The average molecular weight is 1040 g/mol. The van der Waals surface area contributed by atoms with Crippen molar-refractivity contribution in [1.82, 2.24) is 0 Å². The predicted octanol–water partition coefficient (Wildman–Crippen LogP) is 9.17. The predicted molar refractivity (Wildman–Crippen MR) is 293 cm³/mol. The zero-order valence-corrected chi connectivity index (χ0v) is 43.8. The topological polar surface area (TPSA) is 170 Å². The lowest BCUT2D eigenvalue weighted by Crippen LogP contribution is -2.40. The van der Waals surface area contributed by atoms with Crippen molar-refractivity contribution in [1.29, 1.82) is 0 Å².